The molecule has 1 saturated heterocycles. The first-order valence-corrected chi connectivity index (χ1v) is 11.3. The van der Waals surface area contributed by atoms with Crippen molar-refractivity contribution in [3.8, 4) is 17.1 Å². The molecule has 0 unspecified atom stereocenters. The molecule has 0 bridgehead atoms. The molecule has 174 valence electrons. The second-order valence-corrected chi connectivity index (χ2v) is 8.31. The Morgan fingerprint density at radius 1 is 0.971 bits per heavy atom. The van der Waals surface area contributed by atoms with Crippen LogP contribution in [0.3, 0.4) is 0 Å². The number of hydrogen-bond acceptors (Lipinski definition) is 7. The second kappa shape index (κ2) is 9.93. The fourth-order valence-electron chi connectivity index (χ4n) is 3.84. The molecule has 1 fully saturated rings. The average Bonchev–Trinajstić information content (AvgIpc) is 3.54. The normalized spacial score (nSPS) is 14.3. The third-order valence-corrected chi connectivity index (χ3v) is 5.79. The molecule has 0 radical (unpaired) electrons. The number of nitrogens with zero attached hydrogens (tertiary/aromatic N) is 4. The monoisotopic (exact) mass is 458 g/mol. The van der Waals surface area contributed by atoms with Gasteiger partial charge in [0.1, 0.15) is 18.1 Å². The lowest BCUT2D eigenvalue weighted by atomic mass is 10.1. The molecule has 0 aliphatic carbocycles. The van der Waals surface area contributed by atoms with Gasteiger partial charge in [0.15, 0.2) is 5.76 Å². The maximum atomic E-state index is 12.9. The third-order valence-electron chi connectivity index (χ3n) is 5.79. The number of piperazine rings is 1. The summed E-state index contributed by atoms with van der Waals surface area (Å²) < 4.78 is 16.9. The smallest absolute Gasteiger partial charge is 0.289 e. The molecule has 0 N–H and O–H groups in total. The zero-order valence-electron chi connectivity index (χ0n) is 19.0. The Hall–Kier alpha value is -3.91. The predicted molar refractivity (Wildman–Crippen MR) is 125 cm³/mol. The molecule has 2 aromatic carbocycles. The number of amides is 1. The van der Waals surface area contributed by atoms with E-state index in [-0.39, 0.29) is 12.5 Å². The van der Waals surface area contributed by atoms with Gasteiger partial charge >= 0.3 is 0 Å². The molecule has 4 aromatic rings. The minimum Gasteiger partial charge on any atom is -0.486 e. The van der Waals surface area contributed by atoms with Gasteiger partial charge in [-0.05, 0) is 31.2 Å². The van der Waals surface area contributed by atoms with E-state index in [0.717, 1.165) is 24.4 Å². The van der Waals surface area contributed by atoms with Gasteiger partial charge in [-0.15, -0.1) is 0 Å². The Morgan fingerprint density at radius 3 is 2.50 bits per heavy atom. The van der Waals surface area contributed by atoms with Gasteiger partial charge in [0.25, 0.3) is 5.91 Å². The first kappa shape index (κ1) is 21.9. The lowest BCUT2D eigenvalue weighted by Gasteiger charge is -2.33. The summed E-state index contributed by atoms with van der Waals surface area (Å²) in [5.41, 5.74) is 2.12. The lowest BCUT2D eigenvalue weighted by Crippen LogP contribution is -2.48. The fraction of sp³-hybridized carbons (Fsp3) is 0.269. The van der Waals surface area contributed by atoms with E-state index in [1.165, 1.54) is 5.56 Å². The zero-order valence-corrected chi connectivity index (χ0v) is 19.0. The van der Waals surface area contributed by atoms with E-state index in [2.05, 4.69) is 15.0 Å². The molecule has 3 heterocycles. The SMILES string of the molecule is Cc1ccc(-c2noc(CN3CCN(C(=O)c4ccc(COc5ccccc5)o4)CC3)n2)cc1. The van der Waals surface area contributed by atoms with E-state index in [0.29, 0.717) is 42.9 Å². The number of aryl methyl sites for hydroxylation is 1. The Balaban J connectivity index is 1.11. The van der Waals surface area contributed by atoms with Gasteiger partial charge in [0, 0.05) is 31.7 Å². The zero-order chi connectivity index (χ0) is 23.3. The highest BCUT2D eigenvalue weighted by molar-refractivity contribution is 5.91. The van der Waals surface area contributed by atoms with Crippen LogP contribution in [0.1, 0.15) is 27.8 Å². The summed E-state index contributed by atoms with van der Waals surface area (Å²) in [5.74, 6) is 2.77. The van der Waals surface area contributed by atoms with Gasteiger partial charge in [-0.25, -0.2) is 0 Å². The van der Waals surface area contributed by atoms with Crippen molar-refractivity contribution < 1.29 is 18.5 Å². The predicted octanol–water partition coefficient (Wildman–Crippen LogP) is 4.18. The summed E-state index contributed by atoms with van der Waals surface area (Å²) in [5, 5.41) is 4.10. The molecule has 1 aliphatic heterocycles. The largest absolute Gasteiger partial charge is 0.486 e. The van der Waals surface area contributed by atoms with Crippen LogP contribution in [0.25, 0.3) is 11.4 Å². The molecule has 8 nitrogen and oxygen atoms in total. The third kappa shape index (κ3) is 5.18. The van der Waals surface area contributed by atoms with Crippen molar-refractivity contribution in [2.75, 3.05) is 26.2 Å². The fourth-order valence-corrected chi connectivity index (χ4v) is 3.84. The Kier molecular flexibility index (Phi) is 6.40. The molecule has 0 spiro atoms. The van der Waals surface area contributed by atoms with Gasteiger partial charge in [-0.3, -0.25) is 9.69 Å². The Morgan fingerprint density at radius 2 is 1.74 bits per heavy atom. The molecule has 0 saturated carbocycles. The average molecular weight is 459 g/mol. The highest BCUT2D eigenvalue weighted by Crippen LogP contribution is 2.19. The van der Waals surface area contributed by atoms with Crippen molar-refractivity contribution in [1.82, 2.24) is 19.9 Å². The summed E-state index contributed by atoms with van der Waals surface area (Å²) in [4.78, 5) is 21.4. The Labute approximate surface area is 197 Å². The number of ether oxygens (including phenoxy) is 1. The number of aromatic nitrogens is 2. The second-order valence-electron chi connectivity index (χ2n) is 8.31. The number of para-hydroxylation sites is 1. The van der Waals surface area contributed by atoms with Gasteiger partial charge in [0.2, 0.25) is 11.7 Å². The maximum absolute atomic E-state index is 12.9. The molecular formula is C26H26N4O4. The number of rotatable bonds is 7. The molecule has 2 aromatic heterocycles. The first-order chi connectivity index (χ1) is 16.6. The van der Waals surface area contributed by atoms with Gasteiger partial charge < -0.3 is 18.6 Å². The van der Waals surface area contributed by atoms with E-state index in [1.807, 2.05) is 66.4 Å². The topological polar surface area (TPSA) is 84.8 Å². The quantitative estimate of drug-likeness (QED) is 0.411. The first-order valence-electron chi connectivity index (χ1n) is 11.3. The van der Waals surface area contributed by atoms with E-state index in [4.69, 9.17) is 13.7 Å². The van der Waals surface area contributed by atoms with Gasteiger partial charge in [0.05, 0.1) is 6.54 Å². The minimum absolute atomic E-state index is 0.106. The van der Waals surface area contributed by atoms with Crippen LogP contribution < -0.4 is 4.74 Å². The van der Waals surface area contributed by atoms with Crippen molar-refractivity contribution in [3.05, 3.63) is 89.7 Å². The van der Waals surface area contributed by atoms with Crippen LogP contribution in [0.4, 0.5) is 0 Å². The Bertz CT molecular complexity index is 1230. The van der Waals surface area contributed by atoms with Crippen LogP contribution >= 0.6 is 0 Å². The van der Waals surface area contributed by atoms with Crippen molar-refractivity contribution >= 4 is 5.91 Å². The van der Waals surface area contributed by atoms with E-state index < -0.39 is 0 Å². The molecule has 0 atom stereocenters. The molecular weight excluding hydrogens is 432 g/mol. The van der Waals surface area contributed by atoms with Crippen LogP contribution in [0.2, 0.25) is 0 Å². The van der Waals surface area contributed by atoms with Gasteiger partial charge in [-0.1, -0.05) is 53.2 Å². The standard InChI is InChI=1S/C26H26N4O4/c1-19-7-9-20(10-8-19)25-27-24(34-28-25)17-29-13-15-30(16-14-29)26(31)23-12-11-22(33-23)18-32-21-5-3-2-4-6-21/h2-12H,13-18H2,1H3. The number of benzene rings is 2. The van der Waals surface area contributed by atoms with Crippen LogP contribution in [-0.2, 0) is 13.2 Å². The van der Waals surface area contributed by atoms with Crippen molar-refractivity contribution in [2.45, 2.75) is 20.1 Å². The van der Waals surface area contributed by atoms with E-state index >= 15 is 0 Å². The van der Waals surface area contributed by atoms with Crippen LogP contribution in [0, 0.1) is 6.92 Å². The van der Waals surface area contributed by atoms with Crippen LogP contribution in [-0.4, -0.2) is 52.0 Å². The summed E-state index contributed by atoms with van der Waals surface area (Å²) in [6.45, 7) is 5.53. The molecule has 34 heavy (non-hydrogen) atoms. The summed E-state index contributed by atoms with van der Waals surface area (Å²) >= 11 is 0. The summed E-state index contributed by atoms with van der Waals surface area (Å²) in [6.07, 6.45) is 0. The van der Waals surface area contributed by atoms with E-state index in [9.17, 15) is 4.79 Å². The molecule has 1 aliphatic rings. The number of hydrogen-bond donors (Lipinski definition) is 0. The highest BCUT2D eigenvalue weighted by atomic mass is 16.5. The van der Waals surface area contributed by atoms with E-state index in [1.54, 1.807) is 12.1 Å². The molecule has 5 rings (SSSR count). The molecule has 1 amide bonds. The van der Waals surface area contributed by atoms with Crippen LogP contribution in [0.5, 0.6) is 5.75 Å². The van der Waals surface area contributed by atoms with Gasteiger partial charge in [-0.2, -0.15) is 4.98 Å². The highest BCUT2D eigenvalue weighted by Gasteiger charge is 2.25. The van der Waals surface area contributed by atoms with Crippen LogP contribution in [0.15, 0.2) is 75.7 Å². The summed E-state index contributed by atoms with van der Waals surface area (Å²) in [6, 6.07) is 21.0. The van der Waals surface area contributed by atoms with Crippen molar-refractivity contribution in [3.63, 3.8) is 0 Å². The minimum atomic E-state index is -0.106. The summed E-state index contributed by atoms with van der Waals surface area (Å²) in [7, 11) is 0. The van der Waals surface area contributed by atoms with Crippen molar-refractivity contribution in [2.24, 2.45) is 0 Å². The number of furan rings is 1. The lowest BCUT2D eigenvalue weighted by molar-refractivity contribution is 0.0581. The molecule has 8 heteroatoms. The van der Waals surface area contributed by atoms with Crippen molar-refractivity contribution in [1.29, 1.82) is 0 Å². The number of carbonyl (C=O) groups excluding carboxylic acids is 1. The number of carbonyl (C=O) groups is 1. The maximum Gasteiger partial charge on any atom is 0.289 e.